The maximum absolute atomic E-state index is 5.65. The molecule has 2 atom stereocenters. The first-order chi connectivity index (χ1) is 11.4. The first kappa shape index (κ1) is 23.0. The zero-order chi connectivity index (χ0) is 17.6. The van der Waals surface area contributed by atoms with Gasteiger partial charge < -0.3 is 19.9 Å². The summed E-state index contributed by atoms with van der Waals surface area (Å²) in [6.45, 7) is 13.6. The van der Waals surface area contributed by atoms with E-state index < -0.39 is 0 Å². The molecule has 0 amide bonds. The minimum Gasteiger partial charge on any atom is -0.379 e. The van der Waals surface area contributed by atoms with Crippen molar-refractivity contribution in [2.24, 2.45) is 16.3 Å². The summed E-state index contributed by atoms with van der Waals surface area (Å²) < 4.78 is 5.65. The van der Waals surface area contributed by atoms with E-state index in [1.54, 1.807) is 7.11 Å². The van der Waals surface area contributed by atoms with Gasteiger partial charge >= 0.3 is 0 Å². The van der Waals surface area contributed by atoms with Crippen molar-refractivity contribution in [3.63, 3.8) is 0 Å². The second-order valence-electron chi connectivity index (χ2n) is 8.48. The van der Waals surface area contributed by atoms with Gasteiger partial charge in [-0.15, -0.1) is 24.0 Å². The largest absolute Gasteiger partial charge is 0.379 e. The fourth-order valence-corrected chi connectivity index (χ4v) is 3.94. The summed E-state index contributed by atoms with van der Waals surface area (Å²) >= 11 is 0. The molecule has 0 aliphatic carbocycles. The Balaban J connectivity index is 0.00000312. The van der Waals surface area contributed by atoms with Gasteiger partial charge in [0.2, 0.25) is 0 Å². The molecule has 0 bridgehead atoms. The summed E-state index contributed by atoms with van der Waals surface area (Å²) in [5.74, 6) is 1.81. The molecule has 0 spiro atoms. The smallest absolute Gasteiger partial charge is 0.193 e. The van der Waals surface area contributed by atoms with Crippen LogP contribution in [0.5, 0.6) is 0 Å². The zero-order valence-corrected chi connectivity index (χ0v) is 19.2. The number of aliphatic imine (C=N–C) groups is 1. The first-order valence-electron chi connectivity index (χ1n) is 9.64. The highest BCUT2D eigenvalue weighted by molar-refractivity contribution is 14.0. The molecule has 2 rings (SSSR count). The van der Waals surface area contributed by atoms with Crippen molar-refractivity contribution in [2.75, 3.05) is 53.4 Å². The molecule has 6 heteroatoms. The molecule has 148 valence electrons. The Morgan fingerprint density at radius 2 is 1.88 bits per heavy atom. The Labute approximate surface area is 172 Å². The van der Waals surface area contributed by atoms with E-state index in [2.05, 4.69) is 40.9 Å². The maximum Gasteiger partial charge on any atom is 0.193 e. The Kier molecular flexibility index (Phi) is 10.0. The second kappa shape index (κ2) is 10.9. The number of nitrogens with zero attached hydrogens (tertiary/aromatic N) is 3. The lowest BCUT2D eigenvalue weighted by Crippen LogP contribution is -2.46. The summed E-state index contributed by atoms with van der Waals surface area (Å²) in [6, 6.07) is 0. The van der Waals surface area contributed by atoms with E-state index in [0.29, 0.717) is 0 Å². The highest BCUT2D eigenvalue weighted by Gasteiger charge is 2.29. The van der Waals surface area contributed by atoms with Crippen molar-refractivity contribution in [1.29, 1.82) is 0 Å². The molecule has 0 aromatic rings. The third-order valence-corrected chi connectivity index (χ3v) is 5.46. The molecule has 2 aliphatic rings. The third-order valence-electron chi connectivity index (χ3n) is 5.46. The van der Waals surface area contributed by atoms with Crippen LogP contribution in [0.2, 0.25) is 0 Å². The topological polar surface area (TPSA) is 40.1 Å². The molecule has 0 aromatic carbocycles. The third kappa shape index (κ3) is 7.21. The molecule has 5 nitrogen and oxygen atoms in total. The Morgan fingerprint density at radius 3 is 2.44 bits per heavy atom. The molecule has 2 unspecified atom stereocenters. The number of ether oxygens (including phenoxy) is 1. The van der Waals surface area contributed by atoms with Crippen LogP contribution in [-0.2, 0) is 4.74 Å². The van der Waals surface area contributed by atoms with Crippen LogP contribution in [0, 0.1) is 11.3 Å². The molecule has 1 N–H and O–H groups in total. The fraction of sp³-hybridized carbons (Fsp3) is 0.947. The van der Waals surface area contributed by atoms with Gasteiger partial charge in [-0.1, -0.05) is 27.2 Å². The Bertz CT molecular complexity index is 405. The monoisotopic (exact) mass is 466 g/mol. The summed E-state index contributed by atoms with van der Waals surface area (Å²) in [4.78, 5) is 9.58. The van der Waals surface area contributed by atoms with E-state index in [-0.39, 0.29) is 35.5 Å². The average molecular weight is 466 g/mol. The van der Waals surface area contributed by atoms with Crippen LogP contribution in [0.15, 0.2) is 4.99 Å². The van der Waals surface area contributed by atoms with Gasteiger partial charge in [0.25, 0.3) is 0 Å². The lowest BCUT2D eigenvalue weighted by molar-refractivity contribution is 0.0202. The molecule has 0 radical (unpaired) electrons. The summed E-state index contributed by atoms with van der Waals surface area (Å²) in [6.07, 6.45) is 5.64. The number of methoxy groups -OCH3 is 1. The van der Waals surface area contributed by atoms with Crippen molar-refractivity contribution in [3.8, 4) is 0 Å². The van der Waals surface area contributed by atoms with Crippen molar-refractivity contribution in [2.45, 2.75) is 52.6 Å². The van der Waals surface area contributed by atoms with Gasteiger partial charge in [0, 0.05) is 40.3 Å². The van der Waals surface area contributed by atoms with E-state index in [4.69, 9.17) is 4.74 Å². The van der Waals surface area contributed by atoms with Crippen LogP contribution in [0.1, 0.15) is 46.5 Å². The van der Waals surface area contributed by atoms with Crippen molar-refractivity contribution >= 4 is 29.9 Å². The first-order valence-corrected chi connectivity index (χ1v) is 9.64. The number of hydrogen-bond donors (Lipinski definition) is 1. The van der Waals surface area contributed by atoms with Gasteiger partial charge in [-0.2, -0.15) is 0 Å². The van der Waals surface area contributed by atoms with Crippen molar-refractivity contribution in [1.82, 2.24) is 15.1 Å². The van der Waals surface area contributed by atoms with E-state index in [0.717, 1.165) is 31.5 Å². The predicted molar refractivity (Wildman–Crippen MR) is 117 cm³/mol. The summed E-state index contributed by atoms with van der Waals surface area (Å²) in [7, 11) is 3.68. The number of nitrogens with one attached hydrogen (secondary N) is 1. The van der Waals surface area contributed by atoms with Crippen LogP contribution in [-0.4, -0.2) is 75.3 Å². The minimum absolute atomic E-state index is 0. The van der Waals surface area contributed by atoms with E-state index in [1.165, 1.54) is 45.3 Å². The van der Waals surface area contributed by atoms with Gasteiger partial charge in [-0.25, -0.2) is 0 Å². The molecule has 2 aliphatic heterocycles. The van der Waals surface area contributed by atoms with Gasteiger partial charge in [0.1, 0.15) is 0 Å². The van der Waals surface area contributed by atoms with Crippen LogP contribution in [0.25, 0.3) is 0 Å². The fourth-order valence-electron chi connectivity index (χ4n) is 3.94. The summed E-state index contributed by atoms with van der Waals surface area (Å²) in [5, 5.41) is 3.53. The summed E-state index contributed by atoms with van der Waals surface area (Å²) in [5.41, 5.74) is 0.127. The standard InChI is InChI=1S/C19H38N4O.HI/c1-19(2,3)17(24-5)13-21-18(20-4)23-12-9-16(15-23)14-22-10-7-6-8-11-22;/h16-17H,6-15H2,1-5H3,(H,20,21);1H. The van der Waals surface area contributed by atoms with Gasteiger partial charge in [-0.05, 0) is 43.7 Å². The maximum atomic E-state index is 5.65. The van der Waals surface area contributed by atoms with Crippen LogP contribution < -0.4 is 5.32 Å². The Hall–Kier alpha value is -0.0800. The average Bonchev–Trinajstić information content (AvgIpc) is 2.99. The molecule has 2 heterocycles. The lowest BCUT2D eigenvalue weighted by Gasteiger charge is -2.31. The SMILES string of the molecule is CN=C(NCC(OC)C(C)(C)C)N1CCC(CN2CCCCC2)C1.I. The van der Waals surface area contributed by atoms with Gasteiger partial charge in [-0.3, -0.25) is 4.99 Å². The Morgan fingerprint density at radius 1 is 1.20 bits per heavy atom. The zero-order valence-electron chi connectivity index (χ0n) is 16.9. The molecule has 0 aromatic heterocycles. The van der Waals surface area contributed by atoms with Crippen LogP contribution in [0.4, 0.5) is 0 Å². The minimum atomic E-state index is 0. The quantitative estimate of drug-likeness (QED) is 0.384. The predicted octanol–water partition coefficient (Wildman–Crippen LogP) is 3.05. The number of piperidine rings is 1. The number of guanidine groups is 1. The number of likely N-dealkylation sites (tertiary alicyclic amines) is 2. The molecule has 2 saturated heterocycles. The number of hydrogen-bond acceptors (Lipinski definition) is 3. The van der Waals surface area contributed by atoms with Crippen LogP contribution >= 0.6 is 24.0 Å². The molecule has 25 heavy (non-hydrogen) atoms. The normalized spacial score (nSPS) is 24.1. The molecule has 0 saturated carbocycles. The van der Waals surface area contributed by atoms with E-state index in [1.807, 2.05) is 7.05 Å². The highest BCUT2D eigenvalue weighted by atomic mass is 127. The number of rotatable bonds is 5. The lowest BCUT2D eigenvalue weighted by atomic mass is 9.89. The molecular weight excluding hydrogens is 427 g/mol. The van der Waals surface area contributed by atoms with E-state index >= 15 is 0 Å². The molecule has 2 fully saturated rings. The van der Waals surface area contributed by atoms with Crippen molar-refractivity contribution in [3.05, 3.63) is 0 Å². The van der Waals surface area contributed by atoms with Crippen molar-refractivity contribution < 1.29 is 4.74 Å². The highest BCUT2D eigenvalue weighted by Crippen LogP contribution is 2.22. The molecular formula is C19H39IN4O. The van der Waals surface area contributed by atoms with E-state index in [9.17, 15) is 0 Å². The van der Waals surface area contributed by atoms with Crippen LogP contribution in [0.3, 0.4) is 0 Å². The second-order valence-corrected chi connectivity index (χ2v) is 8.48. The van der Waals surface area contributed by atoms with Gasteiger partial charge in [0.05, 0.1) is 6.10 Å². The number of halogens is 1. The van der Waals surface area contributed by atoms with Gasteiger partial charge in [0.15, 0.2) is 5.96 Å².